The Morgan fingerprint density at radius 1 is 1.27 bits per heavy atom. The van der Waals surface area contributed by atoms with Crippen LogP contribution in [0.1, 0.15) is 5.56 Å². The van der Waals surface area contributed by atoms with Crippen molar-refractivity contribution in [3.05, 3.63) is 63.2 Å². The number of benzene rings is 2. The minimum absolute atomic E-state index is 0.134. The Bertz CT molecular complexity index is 711. The number of anilines is 1. The molecule has 2 aromatic carbocycles. The van der Waals surface area contributed by atoms with Crippen molar-refractivity contribution in [2.45, 2.75) is 0 Å². The molecular weight excluding hydrogens is 306 g/mol. The van der Waals surface area contributed by atoms with Crippen molar-refractivity contribution in [3.63, 3.8) is 0 Å². The number of hydrogen-bond acceptors (Lipinski definition) is 5. The van der Waals surface area contributed by atoms with E-state index in [0.717, 1.165) is 0 Å². The number of nitriles is 1. The first-order valence-corrected chi connectivity index (χ1v) is 6.79. The fourth-order valence-corrected chi connectivity index (χ4v) is 1.91. The lowest BCUT2D eigenvalue weighted by atomic mass is 10.2. The van der Waals surface area contributed by atoms with Crippen LogP contribution in [0.3, 0.4) is 0 Å². The topological polar surface area (TPSA) is 88.2 Å². The molecule has 0 amide bonds. The van der Waals surface area contributed by atoms with E-state index in [1.807, 2.05) is 6.07 Å². The molecule has 2 aromatic rings. The van der Waals surface area contributed by atoms with Crippen molar-refractivity contribution in [1.82, 2.24) is 0 Å². The highest BCUT2D eigenvalue weighted by molar-refractivity contribution is 6.30. The van der Waals surface area contributed by atoms with E-state index in [0.29, 0.717) is 29.6 Å². The van der Waals surface area contributed by atoms with Gasteiger partial charge in [-0.25, -0.2) is 0 Å². The van der Waals surface area contributed by atoms with E-state index >= 15 is 0 Å². The zero-order valence-corrected chi connectivity index (χ0v) is 12.2. The minimum atomic E-state index is -0.525. The molecule has 112 valence electrons. The molecule has 1 N–H and O–H groups in total. The molecule has 0 radical (unpaired) electrons. The van der Waals surface area contributed by atoms with Gasteiger partial charge in [0.15, 0.2) is 0 Å². The van der Waals surface area contributed by atoms with E-state index < -0.39 is 4.92 Å². The van der Waals surface area contributed by atoms with Crippen LogP contribution < -0.4 is 10.1 Å². The highest BCUT2D eigenvalue weighted by atomic mass is 35.5. The van der Waals surface area contributed by atoms with E-state index in [1.165, 1.54) is 18.2 Å². The van der Waals surface area contributed by atoms with Gasteiger partial charge in [-0.2, -0.15) is 5.26 Å². The van der Waals surface area contributed by atoms with E-state index in [9.17, 15) is 10.1 Å². The van der Waals surface area contributed by atoms with Gasteiger partial charge >= 0.3 is 0 Å². The molecule has 0 aliphatic carbocycles. The first-order chi connectivity index (χ1) is 10.6. The summed E-state index contributed by atoms with van der Waals surface area (Å²) < 4.78 is 5.48. The lowest BCUT2D eigenvalue weighted by Crippen LogP contribution is -2.12. The van der Waals surface area contributed by atoms with Gasteiger partial charge in [-0.3, -0.25) is 10.1 Å². The fraction of sp³-hybridized carbons (Fsp3) is 0.133. The van der Waals surface area contributed by atoms with Crippen molar-refractivity contribution in [1.29, 1.82) is 5.26 Å². The van der Waals surface area contributed by atoms with Gasteiger partial charge in [0.05, 0.1) is 16.6 Å². The van der Waals surface area contributed by atoms with Gasteiger partial charge in [-0.05, 0) is 36.4 Å². The smallest absolute Gasteiger partial charge is 0.293 e. The summed E-state index contributed by atoms with van der Waals surface area (Å²) in [5.74, 6) is 0.667. The zero-order valence-electron chi connectivity index (χ0n) is 11.5. The summed E-state index contributed by atoms with van der Waals surface area (Å²) in [4.78, 5) is 10.5. The van der Waals surface area contributed by atoms with Gasteiger partial charge < -0.3 is 10.1 Å². The summed E-state index contributed by atoms with van der Waals surface area (Å²) in [7, 11) is 0. The zero-order chi connectivity index (χ0) is 15.9. The summed E-state index contributed by atoms with van der Waals surface area (Å²) in [6.45, 7) is 0.716. The number of hydrogen-bond donors (Lipinski definition) is 1. The second-order valence-corrected chi connectivity index (χ2v) is 4.77. The molecule has 22 heavy (non-hydrogen) atoms. The molecule has 0 aliphatic heterocycles. The molecule has 0 saturated heterocycles. The van der Waals surface area contributed by atoms with Crippen LogP contribution in [0.4, 0.5) is 11.4 Å². The maximum atomic E-state index is 11.0. The average Bonchev–Trinajstić information content (AvgIpc) is 2.53. The Labute approximate surface area is 132 Å². The third-order valence-electron chi connectivity index (χ3n) is 2.82. The Kier molecular flexibility index (Phi) is 5.17. The van der Waals surface area contributed by atoms with E-state index in [1.54, 1.807) is 24.3 Å². The largest absolute Gasteiger partial charge is 0.492 e. The predicted octanol–water partition coefficient (Wildman–Crippen LogP) is 3.61. The van der Waals surface area contributed by atoms with Gasteiger partial charge in [0, 0.05) is 17.6 Å². The van der Waals surface area contributed by atoms with Crippen LogP contribution in [0, 0.1) is 21.4 Å². The second-order valence-electron chi connectivity index (χ2n) is 4.33. The van der Waals surface area contributed by atoms with Crippen LogP contribution in [0.2, 0.25) is 5.02 Å². The Balaban J connectivity index is 1.93. The first-order valence-electron chi connectivity index (χ1n) is 6.41. The molecule has 0 aromatic heterocycles. The van der Waals surface area contributed by atoms with Gasteiger partial charge in [0.25, 0.3) is 5.69 Å². The highest BCUT2D eigenvalue weighted by Gasteiger charge is 2.14. The third kappa shape index (κ3) is 4.11. The summed E-state index contributed by atoms with van der Waals surface area (Å²) >= 11 is 5.77. The molecular formula is C15H12ClN3O3. The average molecular weight is 318 g/mol. The molecule has 0 atom stereocenters. The van der Waals surface area contributed by atoms with Crippen LogP contribution in [0.5, 0.6) is 5.75 Å². The SMILES string of the molecule is N#Cc1ccc(NCCOc2ccc(Cl)cc2)c([N+](=O)[O-])c1. The first kappa shape index (κ1) is 15.6. The maximum absolute atomic E-state index is 11.0. The lowest BCUT2D eigenvalue weighted by Gasteiger charge is -2.09. The van der Waals surface area contributed by atoms with Gasteiger partial charge in [-0.15, -0.1) is 0 Å². The number of halogens is 1. The van der Waals surface area contributed by atoms with Crippen LogP contribution >= 0.6 is 11.6 Å². The summed E-state index contributed by atoms with van der Waals surface area (Å²) in [6.07, 6.45) is 0. The number of nitrogens with one attached hydrogen (secondary N) is 1. The molecule has 6 nitrogen and oxygen atoms in total. The molecule has 0 saturated carbocycles. The molecule has 0 aliphatic rings. The standard InChI is InChI=1S/C15H12ClN3O3/c16-12-2-4-13(5-3-12)22-8-7-18-14-6-1-11(10-17)9-15(14)19(20)21/h1-6,9,18H,7-8H2. The number of rotatable bonds is 6. The van der Waals surface area contributed by atoms with E-state index in [2.05, 4.69) is 5.32 Å². The van der Waals surface area contributed by atoms with Crippen molar-refractivity contribution >= 4 is 23.0 Å². The van der Waals surface area contributed by atoms with Crippen molar-refractivity contribution in [3.8, 4) is 11.8 Å². The van der Waals surface area contributed by atoms with Crippen molar-refractivity contribution in [2.24, 2.45) is 0 Å². The highest BCUT2D eigenvalue weighted by Crippen LogP contribution is 2.25. The molecule has 0 unspecified atom stereocenters. The molecule has 2 rings (SSSR count). The van der Waals surface area contributed by atoms with E-state index in [-0.39, 0.29) is 11.3 Å². The van der Waals surface area contributed by atoms with Gasteiger partial charge in [0.1, 0.15) is 18.0 Å². The van der Waals surface area contributed by atoms with E-state index in [4.69, 9.17) is 21.6 Å². The van der Waals surface area contributed by atoms with Crippen LogP contribution in [0.25, 0.3) is 0 Å². The Morgan fingerprint density at radius 3 is 2.64 bits per heavy atom. The van der Waals surface area contributed by atoms with Gasteiger partial charge in [0.2, 0.25) is 0 Å². The molecule has 0 spiro atoms. The number of nitro groups is 1. The monoisotopic (exact) mass is 317 g/mol. The summed E-state index contributed by atoms with van der Waals surface area (Å²) in [5.41, 5.74) is 0.462. The number of ether oxygens (including phenoxy) is 1. The van der Waals surface area contributed by atoms with Crippen LogP contribution in [-0.2, 0) is 0 Å². The lowest BCUT2D eigenvalue weighted by molar-refractivity contribution is -0.384. The number of nitrogens with zero attached hydrogens (tertiary/aromatic N) is 2. The maximum Gasteiger partial charge on any atom is 0.293 e. The van der Waals surface area contributed by atoms with Crippen molar-refractivity contribution in [2.75, 3.05) is 18.5 Å². The minimum Gasteiger partial charge on any atom is -0.492 e. The number of nitro benzene ring substituents is 1. The summed E-state index contributed by atoms with van der Waals surface area (Å²) in [6, 6.07) is 13.1. The molecule has 0 bridgehead atoms. The van der Waals surface area contributed by atoms with Crippen LogP contribution in [0.15, 0.2) is 42.5 Å². The molecule has 0 heterocycles. The Morgan fingerprint density at radius 2 is 2.00 bits per heavy atom. The molecule has 7 heteroatoms. The normalized spacial score (nSPS) is 9.82. The van der Waals surface area contributed by atoms with Crippen molar-refractivity contribution < 1.29 is 9.66 Å². The molecule has 0 fully saturated rings. The van der Waals surface area contributed by atoms with Gasteiger partial charge in [-0.1, -0.05) is 11.6 Å². The third-order valence-corrected chi connectivity index (χ3v) is 3.08. The predicted molar refractivity (Wildman–Crippen MR) is 83.2 cm³/mol. The second kappa shape index (κ2) is 7.29. The van der Waals surface area contributed by atoms with Crippen LogP contribution in [-0.4, -0.2) is 18.1 Å². The Hall–Kier alpha value is -2.78. The fourth-order valence-electron chi connectivity index (χ4n) is 1.79. The quantitative estimate of drug-likeness (QED) is 0.499. The summed E-state index contributed by atoms with van der Waals surface area (Å²) in [5, 5.41) is 23.3.